The Morgan fingerprint density at radius 3 is 2.65 bits per heavy atom. The number of aliphatic hydroxyl groups excluding tert-OH is 1. The van der Waals surface area contributed by atoms with Gasteiger partial charge in [0.05, 0.1) is 6.10 Å². The van der Waals surface area contributed by atoms with Crippen LogP contribution in [0.5, 0.6) is 0 Å². The monoisotopic (exact) mass is 315 g/mol. The van der Waals surface area contributed by atoms with Crippen LogP contribution in [0.3, 0.4) is 0 Å². The number of fused-ring (bicyclic) bond motifs is 1. The van der Waals surface area contributed by atoms with E-state index in [-0.39, 0.29) is 17.9 Å². The summed E-state index contributed by atoms with van der Waals surface area (Å²) in [4.78, 5) is 20.9. The molecule has 0 saturated carbocycles. The van der Waals surface area contributed by atoms with Crippen molar-refractivity contribution in [2.75, 3.05) is 31.1 Å². The summed E-state index contributed by atoms with van der Waals surface area (Å²) in [5.41, 5.74) is 1.67. The molecule has 0 radical (unpaired) electrons. The van der Waals surface area contributed by atoms with Gasteiger partial charge in [-0.15, -0.1) is 0 Å². The zero-order valence-electron chi connectivity index (χ0n) is 13.0. The van der Waals surface area contributed by atoms with Gasteiger partial charge in [0.2, 0.25) is 5.91 Å². The predicted molar refractivity (Wildman–Crippen MR) is 86.1 cm³/mol. The van der Waals surface area contributed by atoms with Gasteiger partial charge in [-0.2, -0.15) is 4.98 Å². The quantitative estimate of drug-likeness (QED) is 0.912. The average Bonchev–Trinajstić information content (AvgIpc) is 3.20. The molecular weight excluding hydrogens is 294 g/mol. The Bertz CT molecular complexity index is 673. The summed E-state index contributed by atoms with van der Waals surface area (Å²) in [5, 5.41) is 9.58. The summed E-state index contributed by atoms with van der Waals surface area (Å²) in [6, 6.07) is 8.39. The predicted octanol–water partition coefficient (Wildman–Crippen LogP) is 1.64. The minimum Gasteiger partial charge on any atom is -0.423 e. The van der Waals surface area contributed by atoms with Crippen LogP contribution >= 0.6 is 0 Å². The number of β-amino-alcohol motifs (C(OH)–C–C–N with tert-alkyl or cyclic N) is 1. The SMILES string of the molecule is O=C(C1CCN(c2nc3ccccc3o2)CC1)N1CC[C@H](O)C1. The zero-order valence-corrected chi connectivity index (χ0v) is 13.0. The molecule has 122 valence electrons. The molecule has 1 amide bonds. The number of piperidine rings is 1. The Kier molecular flexibility index (Phi) is 3.69. The van der Waals surface area contributed by atoms with Crippen LogP contribution in [0.15, 0.2) is 28.7 Å². The fourth-order valence-corrected chi connectivity index (χ4v) is 3.51. The van der Waals surface area contributed by atoms with Gasteiger partial charge in [-0.1, -0.05) is 12.1 Å². The lowest BCUT2D eigenvalue weighted by Crippen LogP contribution is -2.42. The van der Waals surface area contributed by atoms with Crippen molar-refractivity contribution in [1.29, 1.82) is 0 Å². The second kappa shape index (κ2) is 5.85. The minimum absolute atomic E-state index is 0.0564. The Hall–Kier alpha value is -2.08. The molecule has 1 N–H and O–H groups in total. The summed E-state index contributed by atoms with van der Waals surface area (Å²) in [6.45, 7) is 2.73. The van der Waals surface area contributed by atoms with E-state index in [0.29, 0.717) is 25.5 Å². The molecule has 4 rings (SSSR count). The molecule has 2 aliphatic heterocycles. The highest BCUT2D eigenvalue weighted by atomic mass is 16.4. The molecule has 0 bridgehead atoms. The molecular formula is C17H21N3O3. The van der Waals surface area contributed by atoms with E-state index in [1.807, 2.05) is 29.2 Å². The highest BCUT2D eigenvalue weighted by Gasteiger charge is 2.33. The number of amides is 1. The molecule has 2 aliphatic rings. The lowest BCUT2D eigenvalue weighted by molar-refractivity contribution is -0.135. The Morgan fingerprint density at radius 1 is 1.17 bits per heavy atom. The van der Waals surface area contributed by atoms with E-state index in [0.717, 1.165) is 37.0 Å². The molecule has 6 heteroatoms. The summed E-state index contributed by atoms with van der Waals surface area (Å²) < 4.78 is 5.80. The second-order valence-electron chi connectivity index (χ2n) is 6.45. The zero-order chi connectivity index (χ0) is 15.8. The van der Waals surface area contributed by atoms with Crippen LogP contribution in [-0.4, -0.2) is 53.2 Å². The summed E-state index contributed by atoms with van der Waals surface area (Å²) in [5.74, 6) is 0.250. The number of carbonyl (C=O) groups excluding carboxylic acids is 1. The van der Waals surface area contributed by atoms with Crippen LogP contribution in [0.4, 0.5) is 6.01 Å². The average molecular weight is 315 g/mol. The first kappa shape index (κ1) is 14.5. The van der Waals surface area contributed by atoms with E-state index in [4.69, 9.17) is 4.42 Å². The number of carbonyl (C=O) groups is 1. The third-order valence-corrected chi connectivity index (χ3v) is 4.87. The van der Waals surface area contributed by atoms with E-state index >= 15 is 0 Å². The molecule has 0 unspecified atom stereocenters. The maximum Gasteiger partial charge on any atom is 0.298 e. The topological polar surface area (TPSA) is 69.8 Å². The fourth-order valence-electron chi connectivity index (χ4n) is 3.51. The number of aliphatic hydroxyl groups is 1. The van der Waals surface area contributed by atoms with Crippen LogP contribution < -0.4 is 4.90 Å². The molecule has 1 atom stereocenters. The van der Waals surface area contributed by atoms with Crippen molar-refractivity contribution in [3.8, 4) is 0 Å². The molecule has 0 spiro atoms. The van der Waals surface area contributed by atoms with Gasteiger partial charge >= 0.3 is 0 Å². The van der Waals surface area contributed by atoms with Crippen LogP contribution in [0, 0.1) is 5.92 Å². The van der Waals surface area contributed by atoms with Crippen molar-refractivity contribution in [3.63, 3.8) is 0 Å². The van der Waals surface area contributed by atoms with Crippen molar-refractivity contribution < 1.29 is 14.3 Å². The summed E-state index contributed by atoms with van der Waals surface area (Å²) in [7, 11) is 0. The molecule has 1 aromatic heterocycles. The van der Waals surface area contributed by atoms with E-state index in [1.54, 1.807) is 0 Å². The first-order chi connectivity index (χ1) is 11.2. The van der Waals surface area contributed by atoms with Crippen molar-refractivity contribution in [1.82, 2.24) is 9.88 Å². The van der Waals surface area contributed by atoms with E-state index in [1.165, 1.54) is 0 Å². The van der Waals surface area contributed by atoms with Crippen LogP contribution in [-0.2, 0) is 4.79 Å². The lowest BCUT2D eigenvalue weighted by atomic mass is 9.95. The molecule has 2 aromatic rings. The molecule has 6 nitrogen and oxygen atoms in total. The highest BCUT2D eigenvalue weighted by Crippen LogP contribution is 2.27. The number of oxazole rings is 1. The Balaban J connectivity index is 1.39. The Morgan fingerprint density at radius 2 is 1.96 bits per heavy atom. The standard InChI is InChI=1S/C17H21N3O3/c21-13-7-10-20(11-13)16(22)12-5-8-19(9-6-12)17-18-14-3-1-2-4-15(14)23-17/h1-4,12-13,21H,5-11H2/t13-/m0/s1. The van der Waals surface area contributed by atoms with Gasteiger partial charge in [0.25, 0.3) is 6.01 Å². The third kappa shape index (κ3) is 2.79. The Labute approximate surface area is 134 Å². The van der Waals surface area contributed by atoms with E-state index in [9.17, 15) is 9.90 Å². The largest absolute Gasteiger partial charge is 0.423 e. The normalized spacial score (nSPS) is 22.9. The smallest absolute Gasteiger partial charge is 0.298 e. The number of rotatable bonds is 2. The maximum atomic E-state index is 12.5. The number of aromatic nitrogens is 1. The number of hydrogen-bond acceptors (Lipinski definition) is 5. The van der Waals surface area contributed by atoms with Crippen molar-refractivity contribution in [2.45, 2.75) is 25.4 Å². The summed E-state index contributed by atoms with van der Waals surface area (Å²) in [6.07, 6.45) is 1.97. The first-order valence-corrected chi connectivity index (χ1v) is 8.28. The van der Waals surface area contributed by atoms with Gasteiger partial charge in [0, 0.05) is 32.1 Å². The van der Waals surface area contributed by atoms with Crippen molar-refractivity contribution in [3.05, 3.63) is 24.3 Å². The lowest BCUT2D eigenvalue weighted by Gasteiger charge is -2.32. The number of benzene rings is 1. The van der Waals surface area contributed by atoms with Crippen molar-refractivity contribution >= 4 is 23.0 Å². The van der Waals surface area contributed by atoms with Crippen molar-refractivity contribution in [2.24, 2.45) is 5.92 Å². The number of para-hydroxylation sites is 2. The number of hydrogen-bond donors (Lipinski definition) is 1. The number of nitrogens with zero attached hydrogens (tertiary/aromatic N) is 3. The molecule has 23 heavy (non-hydrogen) atoms. The molecule has 2 fully saturated rings. The van der Waals surface area contributed by atoms with Gasteiger partial charge in [0.1, 0.15) is 5.52 Å². The molecule has 3 heterocycles. The minimum atomic E-state index is -0.348. The summed E-state index contributed by atoms with van der Waals surface area (Å²) >= 11 is 0. The van der Waals surface area contributed by atoms with Crippen LogP contribution in [0.1, 0.15) is 19.3 Å². The first-order valence-electron chi connectivity index (χ1n) is 8.28. The van der Waals surface area contributed by atoms with Crippen LogP contribution in [0.2, 0.25) is 0 Å². The van der Waals surface area contributed by atoms with Gasteiger partial charge in [-0.25, -0.2) is 0 Å². The van der Waals surface area contributed by atoms with Gasteiger partial charge < -0.3 is 19.3 Å². The second-order valence-corrected chi connectivity index (χ2v) is 6.45. The fraction of sp³-hybridized carbons (Fsp3) is 0.529. The third-order valence-electron chi connectivity index (χ3n) is 4.87. The van der Waals surface area contributed by atoms with Gasteiger partial charge in [-0.05, 0) is 31.4 Å². The van der Waals surface area contributed by atoms with Gasteiger partial charge in [-0.3, -0.25) is 4.79 Å². The number of anilines is 1. The molecule has 1 aromatic carbocycles. The van der Waals surface area contributed by atoms with E-state index in [2.05, 4.69) is 9.88 Å². The maximum absolute atomic E-state index is 12.5. The molecule has 2 saturated heterocycles. The molecule has 0 aliphatic carbocycles. The number of likely N-dealkylation sites (tertiary alicyclic amines) is 1. The van der Waals surface area contributed by atoms with E-state index < -0.39 is 0 Å². The highest BCUT2D eigenvalue weighted by molar-refractivity contribution is 5.79. The van der Waals surface area contributed by atoms with Crippen LogP contribution in [0.25, 0.3) is 11.1 Å². The van der Waals surface area contributed by atoms with Gasteiger partial charge in [0.15, 0.2) is 5.58 Å².